The molecule has 1 atom stereocenters. The Morgan fingerprint density at radius 1 is 0.938 bits per heavy atom. The fraction of sp³-hybridized carbons (Fsp3) is 0.480. The van der Waals surface area contributed by atoms with Crippen LogP contribution in [-0.2, 0) is 9.53 Å². The van der Waals surface area contributed by atoms with E-state index < -0.39 is 11.8 Å². The number of rotatable bonds is 5. The van der Waals surface area contributed by atoms with Crippen LogP contribution in [0.25, 0.3) is 0 Å². The van der Waals surface area contributed by atoms with Gasteiger partial charge in [0.1, 0.15) is 6.04 Å². The summed E-state index contributed by atoms with van der Waals surface area (Å²) in [5, 5.41) is 6.27. The molecular formula is C25H31N3O4. The smallest absolute Gasteiger partial charge is 0.251 e. The van der Waals surface area contributed by atoms with Gasteiger partial charge in [0.25, 0.3) is 5.79 Å². The molecule has 7 heteroatoms. The molecule has 2 aromatic carbocycles. The molecular weight excluding hydrogens is 406 g/mol. The van der Waals surface area contributed by atoms with Crippen molar-refractivity contribution in [3.8, 4) is 11.5 Å². The second-order valence-corrected chi connectivity index (χ2v) is 8.84. The third-order valence-electron chi connectivity index (χ3n) is 6.44. The molecule has 170 valence electrons. The third kappa shape index (κ3) is 4.48. The maximum Gasteiger partial charge on any atom is 0.251 e. The Morgan fingerprint density at radius 2 is 1.62 bits per heavy atom. The van der Waals surface area contributed by atoms with Gasteiger partial charge in [-0.15, -0.1) is 0 Å². The Kier molecular flexibility index (Phi) is 5.83. The maximum absolute atomic E-state index is 12.7. The molecule has 1 saturated heterocycles. The van der Waals surface area contributed by atoms with E-state index in [0.717, 1.165) is 80.5 Å². The molecule has 1 aliphatic carbocycles. The molecule has 2 heterocycles. The normalized spacial score (nSPS) is 20.1. The van der Waals surface area contributed by atoms with Gasteiger partial charge in [-0.1, -0.05) is 6.42 Å². The average Bonchev–Trinajstić information content (AvgIpc) is 3.17. The minimum absolute atomic E-state index is 0.0921. The van der Waals surface area contributed by atoms with Crippen LogP contribution in [0.2, 0.25) is 0 Å². The molecule has 2 aromatic rings. The second kappa shape index (κ2) is 8.90. The Hall–Kier alpha value is -2.93. The highest BCUT2D eigenvalue weighted by molar-refractivity contribution is 5.96. The zero-order valence-corrected chi connectivity index (χ0v) is 18.6. The highest BCUT2D eigenvalue weighted by Gasteiger charge is 2.42. The zero-order chi connectivity index (χ0) is 22.0. The summed E-state index contributed by atoms with van der Waals surface area (Å²) in [5.74, 6) is 0.957. The Morgan fingerprint density at radius 3 is 2.38 bits per heavy atom. The molecule has 1 spiro atoms. The summed E-state index contributed by atoms with van der Waals surface area (Å²) in [5.41, 5.74) is 2.77. The molecule has 0 aromatic heterocycles. The molecule has 1 amide bonds. The minimum Gasteiger partial charge on any atom is -0.448 e. The first kappa shape index (κ1) is 20.9. The summed E-state index contributed by atoms with van der Waals surface area (Å²) in [7, 11) is 0. The van der Waals surface area contributed by atoms with Crippen LogP contribution in [0.4, 0.5) is 17.1 Å². The minimum atomic E-state index is -0.490. The van der Waals surface area contributed by atoms with Gasteiger partial charge in [0, 0.05) is 49.1 Å². The molecule has 32 heavy (non-hydrogen) atoms. The van der Waals surface area contributed by atoms with Crippen molar-refractivity contribution in [1.82, 2.24) is 0 Å². The number of nitrogens with one attached hydrogen (secondary N) is 2. The topological polar surface area (TPSA) is 72.1 Å². The van der Waals surface area contributed by atoms with E-state index in [1.54, 1.807) is 0 Å². The summed E-state index contributed by atoms with van der Waals surface area (Å²) >= 11 is 0. The first-order valence-electron chi connectivity index (χ1n) is 11.6. The van der Waals surface area contributed by atoms with Gasteiger partial charge >= 0.3 is 0 Å². The van der Waals surface area contributed by atoms with Crippen LogP contribution in [0.15, 0.2) is 42.5 Å². The summed E-state index contributed by atoms with van der Waals surface area (Å²) in [6, 6.07) is 13.4. The monoisotopic (exact) mass is 437 g/mol. The number of carbonyl (C=O) groups is 1. The fourth-order valence-corrected chi connectivity index (χ4v) is 4.62. The highest BCUT2D eigenvalue weighted by atomic mass is 16.7. The number of hydrogen-bond acceptors (Lipinski definition) is 6. The van der Waals surface area contributed by atoms with Gasteiger partial charge in [-0.05, 0) is 56.2 Å². The van der Waals surface area contributed by atoms with Crippen molar-refractivity contribution in [2.75, 3.05) is 41.8 Å². The number of fused-ring (bicyclic) bond motifs is 1. The molecule has 2 aliphatic heterocycles. The summed E-state index contributed by atoms with van der Waals surface area (Å²) < 4.78 is 17.7. The molecule has 7 nitrogen and oxygen atoms in total. The lowest BCUT2D eigenvalue weighted by atomic mass is 9.94. The first-order chi connectivity index (χ1) is 15.6. The van der Waals surface area contributed by atoms with Gasteiger partial charge in [-0.2, -0.15) is 0 Å². The summed E-state index contributed by atoms with van der Waals surface area (Å²) in [6.07, 6.45) is 5.34. The van der Waals surface area contributed by atoms with E-state index in [2.05, 4.69) is 15.5 Å². The number of nitrogens with zero attached hydrogens (tertiary/aromatic N) is 1. The van der Waals surface area contributed by atoms with Crippen LogP contribution in [-0.4, -0.2) is 44.0 Å². The number of ether oxygens (including phenoxy) is 3. The molecule has 2 N–H and O–H groups in total. The fourth-order valence-electron chi connectivity index (χ4n) is 4.62. The third-order valence-corrected chi connectivity index (χ3v) is 6.44. The molecule has 5 rings (SSSR count). The van der Waals surface area contributed by atoms with Crippen molar-refractivity contribution in [2.45, 2.75) is 50.9 Å². The van der Waals surface area contributed by atoms with Gasteiger partial charge in [-0.25, -0.2) is 0 Å². The van der Waals surface area contributed by atoms with Crippen molar-refractivity contribution in [2.24, 2.45) is 0 Å². The number of benzene rings is 2. The van der Waals surface area contributed by atoms with Crippen molar-refractivity contribution >= 4 is 23.0 Å². The van der Waals surface area contributed by atoms with Crippen LogP contribution in [0, 0.1) is 0 Å². The first-order valence-corrected chi connectivity index (χ1v) is 11.6. The van der Waals surface area contributed by atoms with E-state index in [9.17, 15) is 4.79 Å². The van der Waals surface area contributed by atoms with Crippen molar-refractivity contribution in [1.29, 1.82) is 0 Å². The van der Waals surface area contributed by atoms with Crippen LogP contribution in [0.5, 0.6) is 11.5 Å². The van der Waals surface area contributed by atoms with Crippen molar-refractivity contribution in [3.63, 3.8) is 0 Å². The molecule has 3 aliphatic rings. The predicted octanol–water partition coefficient (Wildman–Crippen LogP) is 4.39. The largest absolute Gasteiger partial charge is 0.448 e. The predicted molar refractivity (Wildman–Crippen MR) is 125 cm³/mol. The quantitative estimate of drug-likeness (QED) is 0.723. The van der Waals surface area contributed by atoms with E-state index in [1.165, 1.54) is 6.42 Å². The van der Waals surface area contributed by atoms with Crippen LogP contribution < -0.4 is 25.0 Å². The number of amides is 1. The SMILES string of the molecule is C[C@@H](Nc1ccc2c(c1)OC1(CCCCC1)O2)C(=O)Nc1ccc(N2CCOCC2)cc1. The summed E-state index contributed by atoms with van der Waals surface area (Å²) in [4.78, 5) is 15.0. The lowest BCUT2D eigenvalue weighted by Crippen LogP contribution is -2.40. The molecule has 0 unspecified atom stereocenters. The highest BCUT2D eigenvalue weighted by Crippen LogP contribution is 2.46. The van der Waals surface area contributed by atoms with Crippen LogP contribution in [0.3, 0.4) is 0 Å². The molecule has 2 fully saturated rings. The van der Waals surface area contributed by atoms with Gasteiger partial charge in [0.05, 0.1) is 13.2 Å². The Bertz CT molecular complexity index is 950. The molecule has 0 radical (unpaired) electrons. The number of hydrogen-bond donors (Lipinski definition) is 2. The van der Waals surface area contributed by atoms with Crippen molar-refractivity contribution in [3.05, 3.63) is 42.5 Å². The number of anilines is 3. The van der Waals surface area contributed by atoms with Crippen molar-refractivity contribution < 1.29 is 19.0 Å². The summed E-state index contributed by atoms with van der Waals surface area (Å²) in [6.45, 7) is 5.14. The number of morpholine rings is 1. The lowest BCUT2D eigenvalue weighted by Gasteiger charge is -2.31. The second-order valence-electron chi connectivity index (χ2n) is 8.84. The van der Waals surface area contributed by atoms with Gasteiger partial charge in [0.15, 0.2) is 11.5 Å². The van der Waals surface area contributed by atoms with E-state index in [-0.39, 0.29) is 5.91 Å². The molecule has 0 bridgehead atoms. The van der Waals surface area contributed by atoms with E-state index in [4.69, 9.17) is 14.2 Å². The lowest BCUT2D eigenvalue weighted by molar-refractivity contribution is -0.116. The maximum atomic E-state index is 12.7. The Balaban J connectivity index is 1.17. The van der Waals surface area contributed by atoms with E-state index in [1.807, 2.05) is 49.4 Å². The van der Waals surface area contributed by atoms with Gasteiger partial charge in [-0.3, -0.25) is 4.79 Å². The van der Waals surface area contributed by atoms with Crippen LogP contribution in [0.1, 0.15) is 39.0 Å². The van der Waals surface area contributed by atoms with Crippen LogP contribution >= 0.6 is 0 Å². The standard InChI is InChI=1S/C25H31N3O4/c1-18(24(29)27-19-5-8-21(9-6-19)28-13-15-30-16-14-28)26-20-7-10-22-23(17-20)32-25(31-22)11-3-2-4-12-25/h5-10,17-18,26H,2-4,11-16H2,1H3,(H,27,29)/t18-/m1/s1. The van der Waals surface area contributed by atoms with Gasteiger partial charge in [0.2, 0.25) is 5.91 Å². The Labute approximate surface area is 189 Å². The zero-order valence-electron chi connectivity index (χ0n) is 18.6. The van der Waals surface area contributed by atoms with E-state index in [0.29, 0.717) is 0 Å². The average molecular weight is 438 g/mol. The number of carbonyl (C=O) groups excluding carboxylic acids is 1. The molecule has 1 saturated carbocycles. The van der Waals surface area contributed by atoms with Gasteiger partial charge < -0.3 is 29.7 Å². The van der Waals surface area contributed by atoms with E-state index >= 15 is 0 Å².